The summed E-state index contributed by atoms with van der Waals surface area (Å²) in [7, 11) is 0. The summed E-state index contributed by atoms with van der Waals surface area (Å²) in [6, 6.07) is 3.89. The fourth-order valence-electron chi connectivity index (χ4n) is 1.53. The zero-order valence-corrected chi connectivity index (χ0v) is 10.3. The summed E-state index contributed by atoms with van der Waals surface area (Å²) < 4.78 is 5.31. The van der Waals surface area contributed by atoms with Crippen molar-refractivity contribution in [3.05, 3.63) is 41.9 Å². The van der Waals surface area contributed by atoms with Crippen LogP contribution in [0.15, 0.2) is 34.5 Å². The Morgan fingerprint density at radius 3 is 2.69 bits per heavy atom. The molecule has 13 heavy (non-hydrogen) atoms. The van der Waals surface area contributed by atoms with Crippen LogP contribution in [0.2, 0.25) is 0 Å². The third-order valence-corrected chi connectivity index (χ3v) is 2.05. The van der Waals surface area contributed by atoms with Gasteiger partial charge in [0.05, 0.1) is 12.0 Å². The predicted octanol–water partition coefficient (Wildman–Crippen LogP) is 3.06. The molecular formula is C11H11OZr-. The van der Waals surface area contributed by atoms with Gasteiger partial charge in [-0.3, -0.25) is 6.08 Å². The second-order valence-electron chi connectivity index (χ2n) is 3.12. The van der Waals surface area contributed by atoms with Gasteiger partial charge in [0.15, 0.2) is 0 Å². The Morgan fingerprint density at radius 2 is 2.23 bits per heavy atom. The van der Waals surface area contributed by atoms with Crippen molar-refractivity contribution in [3.8, 4) is 0 Å². The first-order valence-corrected chi connectivity index (χ1v) is 4.13. The topological polar surface area (TPSA) is 13.1 Å². The average molecular weight is 250 g/mol. The number of allylic oxidation sites excluding steroid dienone is 4. The maximum atomic E-state index is 5.31. The Morgan fingerprint density at radius 1 is 1.46 bits per heavy atom. The number of hydrogen-bond donors (Lipinski definition) is 0. The van der Waals surface area contributed by atoms with E-state index in [-0.39, 0.29) is 26.2 Å². The van der Waals surface area contributed by atoms with Crippen molar-refractivity contribution >= 4 is 5.57 Å². The molecule has 1 aromatic heterocycles. The van der Waals surface area contributed by atoms with E-state index in [2.05, 4.69) is 26.0 Å². The molecule has 0 saturated heterocycles. The molecule has 0 fully saturated rings. The molecule has 0 N–H and O–H groups in total. The van der Waals surface area contributed by atoms with E-state index >= 15 is 0 Å². The number of rotatable bonds is 1. The molecule has 0 aliphatic heterocycles. The van der Waals surface area contributed by atoms with Crippen molar-refractivity contribution < 1.29 is 30.6 Å². The molecule has 2 heteroatoms. The van der Waals surface area contributed by atoms with Crippen LogP contribution in [-0.2, 0) is 26.2 Å². The summed E-state index contributed by atoms with van der Waals surface area (Å²) in [5, 5.41) is 0. The summed E-state index contributed by atoms with van der Waals surface area (Å²) in [6.07, 6.45) is 7.19. The van der Waals surface area contributed by atoms with Gasteiger partial charge in [-0.2, -0.15) is 6.08 Å². The fourth-order valence-corrected chi connectivity index (χ4v) is 1.53. The Labute approximate surface area is 97.6 Å². The molecule has 0 spiro atoms. The van der Waals surface area contributed by atoms with Gasteiger partial charge in [-0.15, -0.1) is 5.57 Å². The van der Waals surface area contributed by atoms with Crippen LogP contribution >= 0.6 is 0 Å². The van der Waals surface area contributed by atoms with E-state index in [0.717, 1.165) is 5.76 Å². The molecular weight excluding hydrogens is 239 g/mol. The Balaban J connectivity index is 0.000000845. The van der Waals surface area contributed by atoms with Crippen LogP contribution < -0.4 is 0 Å². The molecule has 66 valence electrons. The van der Waals surface area contributed by atoms with E-state index in [0.29, 0.717) is 5.92 Å². The van der Waals surface area contributed by atoms with Crippen LogP contribution in [0.25, 0.3) is 5.57 Å². The molecule has 0 saturated carbocycles. The summed E-state index contributed by atoms with van der Waals surface area (Å²) >= 11 is 0. The van der Waals surface area contributed by atoms with E-state index in [1.54, 1.807) is 6.26 Å². The minimum Gasteiger partial charge on any atom is -0.483 e. The minimum absolute atomic E-state index is 0. The van der Waals surface area contributed by atoms with Crippen LogP contribution in [0.5, 0.6) is 0 Å². The maximum absolute atomic E-state index is 5.31. The van der Waals surface area contributed by atoms with Gasteiger partial charge < -0.3 is 4.42 Å². The number of furan rings is 1. The van der Waals surface area contributed by atoms with Crippen LogP contribution in [0.1, 0.15) is 19.6 Å². The second kappa shape index (κ2) is 4.24. The Kier molecular flexibility index (Phi) is 3.49. The van der Waals surface area contributed by atoms with Gasteiger partial charge in [0.1, 0.15) is 0 Å². The first kappa shape index (κ1) is 10.7. The van der Waals surface area contributed by atoms with Gasteiger partial charge in [0.25, 0.3) is 0 Å². The molecule has 1 aromatic rings. The molecule has 0 radical (unpaired) electrons. The normalized spacial score (nSPS) is 20.6. The number of hydrogen-bond acceptors (Lipinski definition) is 1. The summed E-state index contributed by atoms with van der Waals surface area (Å²) in [4.78, 5) is 0. The van der Waals surface area contributed by atoms with Crippen molar-refractivity contribution in [2.45, 2.75) is 13.8 Å². The quantitative estimate of drug-likeness (QED) is 0.698. The molecule has 2 rings (SSSR count). The van der Waals surface area contributed by atoms with E-state index in [4.69, 9.17) is 4.42 Å². The van der Waals surface area contributed by atoms with Crippen molar-refractivity contribution in [2.24, 2.45) is 5.92 Å². The first-order valence-electron chi connectivity index (χ1n) is 4.13. The van der Waals surface area contributed by atoms with Gasteiger partial charge in [0, 0.05) is 26.2 Å². The van der Waals surface area contributed by atoms with E-state index < -0.39 is 0 Å². The predicted molar refractivity (Wildman–Crippen MR) is 48.3 cm³/mol. The molecule has 0 aromatic carbocycles. The maximum Gasteiger partial charge on any atom is 0.0888 e. The van der Waals surface area contributed by atoms with Crippen molar-refractivity contribution in [1.29, 1.82) is 0 Å². The van der Waals surface area contributed by atoms with Crippen LogP contribution in [-0.4, -0.2) is 0 Å². The standard InChI is InChI=1S/C11H11O.Zr/c1-8-6-9(2)10(7-8)11-4-3-5-12-11;/h3-5,7-8H,1-2H3;/q-1;. The molecule has 1 unspecified atom stereocenters. The van der Waals surface area contributed by atoms with Gasteiger partial charge in [0.2, 0.25) is 0 Å². The summed E-state index contributed by atoms with van der Waals surface area (Å²) in [5.74, 6) is 1.37. The van der Waals surface area contributed by atoms with E-state index in [9.17, 15) is 0 Å². The third-order valence-electron chi connectivity index (χ3n) is 2.05. The molecule has 1 aliphatic carbocycles. The van der Waals surface area contributed by atoms with Crippen LogP contribution in [0, 0.1) is 12.0 Å². The average Bonchev–Trinajstić information content (AvgIpc) is 2.58. The summed E-state index contributed by atoms with van der Waals surface area (Å²) in [6.45, 7) is 4.19. The third kappa shape index (κ3) is 2.11. The SMILES string of the molecule is CC1=[C-]C(C)C=C1c1ccco1.[Zr]. The summed E-state index contributed by atoms with van der Waals surface area (Å²) in [5.41, 5.74) is 2.38. The zero-order valence-electron chi connectivity index (χ0n) is 7.79. The van der Waals surface area contributed by atoms with Gasteiger partial charge in [-0.25, -0.2) is 5.57 Å². The largest absolute Gasteiger partial charge is 0.483 e. The molecule has 1 atom stereocenters. The molecule has 0 amide bonds. The zero-order chi connectivity index (χ0) is 8.55. The molecule has 1 nitrogen and oxygen atoms in total. The van der Waals surface area contributed by atoms with Crippen molar-refractivity contribution in [1.82, 2.24) is 0 Å². The van der Waals surface area contributed by atoms with Gasteiger partial charge >= 0.3 is 0 Å². The minimum atomic E-state index is 0. The Bertz CT molecular complexity index is 333. The van der Waals surface area contributed by atoms with Crippen molar-refractivity contribution in [3.63, 3.8) is 0 Å². The Hall–Kier alpha value is -0.357. The van der Waals surface area contributed by atoms with Crippen LogP contribution in [0.4, 0.5) is 0 Å². The molecule has 0 bridgehead atoms. The van der Waals surface area contributed by atoms with E-state index in [1.165, 1.54) is 11.1 Å². The van der Waals surface area contributed by atoms with E-state index in [1.807, 2.05) is 12.1 Å². The van der Waals surface area contributed by atoms with Crippen molar-refractivity contribution in [2.75, 3.05) is 0 Å². The van der Waals surface area contributed by atoms with Gasteiger partial charge in [-0.1, -0.05) is 19.8 Å². The molecule has 1 heterocycles. The smallest absolute Gasteiger partial charge is 0.0888 e. The monoisotopic (exact) mass is 249 g/mol. The fraction of sp³-hybridized carbons (Fsp3) is 0.273. The first-order chi connectivity index (χ1) is 5.77. The van der Waals surface area contributed by atoms with Gasteiger partial charge in [-0.05, 0) is 12.1 Å². The molecule has 1 aliphatic rings. The second-order valence-corrected chi connectivity index (χ2v) is 3.12. The van der Waals surface area contributed by atoms with Crippen LogP contribution in [0.3, 0.4) is 0 Å².